The highest BCUT2D eigenvalue weighted by molar-refractivity contribution is 7.99. The predicted molar refractivity (Wildman–Crippen MR) is 50.4 cm³/mol. The highest BCUT2D eigenvalue weighted by Crippen LogP contribution is 2.36. The molecule has 0 spiro atoms. The van der Waals surface area contributed by atoms with E-state index in [9.17, 15) is 4.57 Å². The zero-order valence-electron chi connectivity index (χ0n) is 7.01. The lowest BCUT2D eigenvalue weighted by molar-refractivity contribution is 0.267. The van der Waals surface area contributed by atoms with Gasteiger partial charge in [0.1, 0.15) is 6.29 Å². The molecule has 1 unspecified atom stereocenters. The maximum atomic E-state index is 10.6. The van der Waals surface area contributed by atoms with Gasteiger partial charge in [0.25, 0.3) is 0 Å². The summed E-state index contributed by atoms with van der Waals surface area (Å²) in [6, 6.07) is 0.350. The number of nitrogens with zero attached hydrogens (tertiary/aromatic N) is 1. The summed E-state index contributed by atoms with van der Waals surface area (Å²) in [4.78, 5) is 19.2. The molecule has 6 heteroatoms. The Morgan fingerprint density at radius 2 is 2.33 bits per heavy atom. The lowest BCUT2D eigenvalue weighted by Crippen LogP contribution is -2.32. The Morgan fingerprint density at radius 1 is 1.67 bits per heavy atom. The van der Waals surface area contributed by atoms with Gasteiger partial charge in [0.05, 0.1) is 0 Å². The van der Waals surface area contributed by atoms with Crippen LogP contribution in [0.2, 0.25) is 0 Å². The Morgan fingerprint density at radius 3 is 2.75 bits per heavy atom. The molecule has 1 aliphatic rings. The minimum Gasteiger partial charge on any atom is -0.324 e. The van der Waals surface area contributed by atoms with E-state index in [1.807, 2.05) is 11.8 Å². The molecule has 0 amide bonds. The van der Waals surface area contributed by atoms with Gasteiger partial charge in [-0.3, -0.25) is 9.46 Å². The van der Waals surface area contributed by atoms with Crippen LogP contribution in [-0.4, -0.2) is 45.6 Å². The molecule has 0 aromatic carbocycles. The van der Waals surface area contributed by atoms with E-state index in [0.717, 1.165) is 17.9 Å². The standard InChI is InChI=1S/C6H14NO3PS/c1-7(5-11(8,9)10)6-2-3-12-4-6/h6H,2-5H2,1H3,(H2,8,9,10). The van der Waals surface area contributed by atoms with E-state index >= 15 is 0 Å². The fourth-order valence-electron chi connectivity index (χ4n) is 1.28. The van der Waals surface area contributed by atoms with Crippen molar-refractivity contribution in [1.29, 1.82) is 0 Å². The van der Waals surface area contributed by atoms with E-state index < -0.39 is 7.60 Å². The van der Waals surface area contributed by atoms with Crippen molar-refractivity contribution in [2.75, 3.05) is 24.8 Å². The number of rotatable bonds is 3. The van der Waals surface area contributed by atoms with Crippen molar-refractivity contribution in [2.24, 2.45) is 0 Å². The topological polar surface area (TPSA) is 60.8 Å². The Balaban J connectivity index is 2.37. The largest absolute Gasteiger partial charge is 0.339 e. The summed E-state index contributed by atoms with van der Waals surface area (Å²) >= 11 is 1.84. The van der Waals surface area contributed by atoms with Gasteiger partial charge in [-0.15, -0.1) is 0 Å². The quantitative estimate of drug-likeness (QED) is 0.668. The van der Waals surface area contributed by atoms with Crippen LogP contribution in [0.15, 0.2) is 0 Å². The molecular weight excluding hydrogens is 197 g/mol. The molecule has 0 aliphatic carbocycles. The summed E-state index contributed by atoms with van der Waals surface area (Å²) in [6.07, 6.45) is 0.930. The van der Waals surface area contributed by atoms with Gasteiger partial charge in [-0.05, 0) is 19.2 Å². The van der Waals surface area contributed by atoms with Crippen LogP contribution in [0.25, 0.3) is 0 Å². The highest BCUT2D eigenvalue weighted by Gasteiger charge is 2.25. The van der Waals surface area contributed by atoms with Crippen molar-refractivity contribution in [3.05, 3.63) is 0 Å². The van der Waals surface area contributed by atoms with Gasteiger partial charge in [0, 0.05) is 11.8 Å². The molecule has 0 saturated carbocycles. The Bertz CT molecular complexity index is 189. The molecule has 0 aromatic heterocycles. The van der Waals surface area contributed by atoms with Crippen LogP contribution in [0.5, 0.6) is 0 Å². The highest BCUT2D eigenvalue weighted by atomic mass is 32.2. The van der Waals surface area contributed by atoms with Gasteiger partial charge >= 0.3 is 7.60 Å². The third-order valence-corrected chi connectivity index (χ3v) is 3.90. The Labute approximate surface area is 76.5 Å². The molecule has 0 radical (unpaired) electrons. The van der Waals surface area contributed by atoms with Crippen LogP contribution in [0, 0.1) is 0 Å². The van der Waals surface area contributed by atoms with Crippen molar-refractivity contribution in [3.63, 3.8) is 0 Å². The minimum absolute atomic E-state index is 0.113. The zero-order valence-corrected chi connectivity index (χ0v) is 8.72. The molecule has 1 saturated heterocycles. The van der Waals surface area contributed by atoms with Crippen LogP contribution >= 0.6 is 19.4 Å². The van der Waals surface area contributed by atoms with Gasteiger partial charge in [0.2, 0.25) is 0 Å². The van der Waals surface area contributed by atoms with Gasteiger partial charge in [-0.25, -0.2) is 0 Å². The molecule has 1 fully saturated rings. The average molecular weight is 211 g/mol. The van der Waals surface area contributed by atoms with Crippen molar-refractivity contribution in [1.82, 2.24) is 4.90 Å². The van der Waals surface area contributed by atoms with Crippen molar-refractivity contribution < 1.29 is 14.4 Å². The Hall–Kier alpha value is 0.460. The molecule has 12 heavy (non-hydrogen) atoms. The molecule has 0 bridgehead atoms. The first kappa shape index (κ1) is 10.5. The van der Waals surface area contributed by atoms with Gasteiger partial charge in [-0.2, -0.15) is 11.8 Å². The zero-order chi connectivity index (χ0) is 9.19. The molecule has 1 rings (SSSR count). The Kier molecular flexibility index (Phi) is 3.61. The van der Waals surface area contributed by atoms with E-state index in [0.29, 0.717) is 6.04 Å². The van der Waals surface area contributed by atoms with Gasteiger partial charge < -0.3 is 9.79 Å². The molecule has 72 valence electrons. The maximum absolute atomic E-state index is 10.6. The van der Waals surface area contributed by atoms with Crippen molar-refractivity contribution in [3.8, 4) is 0 Å². The summed E-state index contributed by atoms with van der Waals surface area (Å²) in [5.41, 5.74) is 0. The maximum Gasteiger partial charge on any atom is 0.339 e. The second-order valence-electron chi connectivity index (χ2n) is 3.08. The normalized spacial score (nSPS) is 25.2. The summed E-state index contributed by atoms with van der Waals surface area (Å²) < 4.78 is 10.6. The third-order valence-electron chi connectivity index (χ3n) is 1.94. The molecular formula is C6H14NO3PS. The van der Waals surface area contributed by atoms with E-state index in [1.165, 1.54) is 0 Å². The van der Waals surface area contributed by atoms with Gasteiger partial charge in [0.15, 0.2) is 0 Å². The number of hydrogen-bond donors (Lipinski definition) is 2. The number of hydrogen-bond acceptors (Lipinski definition) is 3. The molecule has 2 N–H and O–H groups in total. The van der Waals surface area contributed by atoms with Crippen LogP contribution in [0.4, 0.5) is 0 Å². The van der Waals surface area contributed by atoms with E-state index in [2.05, 4.69) is 0 Å². The minimum atomic E-state index is -3.86. The van der Waals surface area contributed by atoms with Crippen molar-refractivity contribution >= 4 is 19.4 Å². The summed E-state index contributed by atoms with van der Waals surface area (Å²) in [5.74, 6) is 2.10. The second-order valence-corrected chi connectivity index (χ2v) is 5.84. The van der Waals surface area contributed by atoms with Crippen LogP contribution < -0.4 is 0 Å². The first-order valence-corrected chi connectivity index (χ1v) is 6.77. The molecule has 0 aromatic rings. The smallest absolute Gasteiger partial charge is 0.324 e. The monoisotopic (exact) mass is 211 g/mol. The molecule has 4 nitrogen and oxygen atoms in total. The molecule has 1 aliphatic heterocycles. The SMILES string of the molecule is CN(CP(=O)(O)O)C1CCSC1. The first-order chi connectivity index (χ1) is 5.49. The lowest BCUT2D eigenvalue weighted by atomic mass is 10.2. The predicted octanol–water partition coefficient (Wildman–Crippen LogP) is 0.559. The molecule has 1 heterocycles. The summed E-state index contributed by atoms with van der Waals surface area (Å²) in [7, 11) is -2.08. The third kappa shape index (κ3) is 3.46. The van der Waals surface area contributed by atoms with Gasteiger partial charge in [-0.1, -0.05) is 0 Å². The fourth-order valence-corrected chi connectivity index (χ4v) is 3.39. The van der Waals surface area contributed by atoms with E-state index in [1.54, 1.807) is 11.9 Å². The summed E-state index contributed by atoms with van der Waals surface area (Å²) in [5, 5.41) is 0. The van der Waals surface area contributed by atoms with E-state index in [-0.39, 0.29) is 6.29 Å². The fraction of sp³-hybridized carbons (Fsp3) is 1.00. The lowest BCUT2D eigenvalue weighted by Gasteiger charge is -2.23. The van der Waals surface area contributed by atoms with Crippen LogP contribution in [-0.2, 0) is 4.57 Å². The van der Waals surface area contributed by atoms with E-state index in [4.69, 9.17) is 9.79 Å². The average Bonchev–Trinajstić information content (AvgIpc) is 2.32. The first-order valence-electron chi connectivity index (χ1n) is 3.81. The molecule has 1 atom stereocenters. The van der Waals surface area contributed by atoms with Crippen LogP contribution in [0.1, 0.15) is 6.42 Å². The second kappa shape index (κ2) is 4.11. The summed E-state index contributed by atoms with van der Waals surface area (Å²) in [6.45, 7) is 0. The van der Waals surface area contributed by atoms with Crippen molar-refractivity contribution in [2.45, 2.75) is 12.5 Å². The van der Waals surface area contributed by atoms with Crippen LogP contribution in [0.3, 0.4) is 0 Å². The number of thioether (sulfide) groups is 1.